The van der Waals surface area contributed by atoms with Crippen molar-refractivity contribution in [3.05, 3.63) is 40.5 Å². The van der Waals surface area contributed by atoms with Crippen LogP contribution in [0, 0.1) is 12.7 Å². The van der Waals surface area contributed by atoms with E-state index < -0.39 is 17.5 Å². The monoisotopic (exact) mass is 270 g/mol. The smallest absolute Gasteiger partial charge is 0.277 e. The number of benzene rings is 1. The van der Waals surface area contributed by atoms with Gasteiger partial charge in [-0.25, -0.2) is 4.39 Å². The normalized spacial score (nSPS) is 10.4. The Morgan fingerprint density at radius 1 is 1.50 bits per heavy atom. The number of aromatic nitrogens is 1. The summed E-state index contributed by atoms with van der Waals surface area (Å²) in [5.74, 6) is -1.37. The average Bonchev–Trinajstić information content (AvgIpc) is 2.73. The Kier molecular flexibility index (Phi) is 3.20. The molecule has 0 bridgehead atoms. The number of aromatic hydroxyl groups is 1. The molecule has 2 N–H and O–H groups in total. The predicted octanol–water partition coefficient (Wildman–Crippen LogP) is 2.73. The maximum atomic E-state index is 13.4. The molecule has 1 aromatic heterocycles. The number of hydrogen-bond donors (Lipinski definition) is 2. The molecular weight excluding hydrogens is 263 g/mol. The highest BCUT2D eigenvalue weighted by atomic mass is 35.5. The molecule has 0 saturated carbocycles. The second-order valence-corrected chi connectivity index (χ2v) is 3.97. The minimum absolute atomic E-state index is 0.0242. The molecule has 0 saturated heterocycles. The Labute approximate surface area is 106 Å². The SMILES string of the molecule is Cc1cc(C(=O)Nc2cc(Cl)c(O)cc2F)no1. The zero-order valence-electron chi connectivity index (χ0n) is 9.20. The zero-order valence-corrected chi connectivity index (χ0v) is 9.95. The van der Waals surface area contributed by atoms with E-state index in [4.69, 9.17) is 21.2 Å². The van der Waals surface area contributed by atoms with E-state index in [0.717, 1.165) is 12.1 Å². The van der Waals surface area contributed by atoms with E-state index in [0.29, 0.717) is 5.76 Å². The van der Waals surface area contributed by atoms with Gasteiger partial charge in [0.1, 0.15) is 11.5 Å². The molecule has 5 nitrogen and oxygen atoms in total. The van der Waals surface area contributed by atoms with Gasteiger partial charge < -0.3 is 14.9 Å². The predicted molar refractivity (Wildman–Crippen MR) is 62.3 cm³/mol. The number of anilines is 1. The van der Waals surface area contributed by atoms with Crippen LogP contribution >= 0.6 is 11.6 Å². The molecule has 0 aliphatic heterocycles. The first kappa shape index (κ1) is 12.4. The number of phenols is 1. The maximum absolute atomic E-state index is 13.4. The molecule has 1 amide bonds. The van der Waals surface area contributed by atoms with Gasteiger partial charge in [-0.15, -0.1) is 0 Å². The van der Waals surface area contributed by atoms with Crippen molar-refractivity contribution in [2.75, 3.05) is 5.32 Å². The van der Waals surface area contributed by atoms with Crippen LogP contribution in [0.4, 0.5) is 10.1 Å². The highest BCUT2D eigenvalue weighted by Crippen LogP contribution is 2.29. The lowest BCUT2D eigenvalue weighted by atomic mass is 10.2. The van der Waals surface area contributed by atoms with Gasteiger partial charge in [0.25, 0.3) is 5.91 Å². The lowest BCUT2D eigenvalue weighted by Gasteiger charge is -2.06. The van der Waals surface area contributed by atoms with E-state index in [1.54, 1.807) is 6.92 Å². The van der Waals surface area contributed by atoms with E-state index in [-0.39, 0.29) is 16.4 Å². The van der Waals surface area contributed by atoms with Crippen LogP contribution in [0.3, 0.4) is 0 Å². The Hall–Kier alpha value is -2.08. The molecule has 0 aliphatic carbocycles. The minimum Gasteiger partial charge on any atom is -0.506 e. The highest BCUT2D eigenvalue weighted by Gasteiger charge is 2.15. The van der Waals surface area contributed by atoms with Crippen LogP contribution in [0.2, 0.25) is 5.02 Å². The van der Waals surface area contributed by atoms with Gasteiger partial charge in [-0.1, -0.05) is 16.8 Å². The number of rotatable bonds is 2. The van der Waals surface area contributed by atoms with Gasteiger partial charge >= 0.3 is 0 Å². The molecule has 0 unspecified atom stereocenters. The van der Waals surface area contributed by atoms with Gasteiger partial charge in [0.15, 0.2) is 11.5 Å². The van der Waals surface area contributed by atoms with Crippen LogP contribution < -0.4 is 5.32 Å². The summed E-state index contributed by atoms with van der Waals surface area (Å²) in [6, 6.07) is 3.33. The molecule has 0 aliphatic rings. The quantitative estimate of drug-likeness (QED) is 0.823. The third kappa shape index (κ3) is 2.43. The van der Waals surface area contributed by atoms with Crippen LogP contribution in [0.1, 0.15) is 16.2 Å². The second kappa shape index (κ2) is 4.66. The fourth-order valence-electron chi connectivity index (χ4n) is 1.29. The van der Waals surface area contributed by atoms with E-state index in [1.165, 1.54) is 6.07 Å². The number of nitrogens with zero attached hydrogens (tertiary/aromatic N) is 1. The van der Waals surface area contributed by atoms with Crippen LogP contribution in [-0.2, 0) is 0 Å². The van der Waals surface area contributed by atoms with Crippen LogP contribution in [0.25, 0.3) is 0 Å². The van der Waals surface area contributed by atoms with Crippen molar-refractivity contribution in [3.63, 3.8) is 0 Å². The molecule has 1 heterocycles. The van der Waals surface area contributed by atoms with Crippen LogP contribution in [0.5, 0.6) is 5.75 Å². The number of amides is 1. The Bertz CT molecular complexity index is 612. The van der Waals surface area contributed by atoms with Crippen LogP contribution in [-0.4, -0.2) is 16.2 Å². The molecular formula is C11H8ClFN2O3. The maximum Gasteiger partial charge on any atom is 0.277 e. The van der Waals surface area contributed by atoms with Crippen molar-refractivity contribution in [1.82, 2.24) is 5.16 Å². The first-order chi connectivity index (χ1) is 8.47. The number of hydrogen-bond acceptors (Lipinski definition) is 4. The fourth-order valence-corrected chi connectivity index (χ4v) is 1.46. The molecule has 94 valence electrons. The Balaban J connectivity index is 2.24. The summed E-state index contributed by atoms with van der Waals surface area (Å²) in [6.07, 6.45) is 0. The molecule has 2 aromatic rings. The Morgan fingerprint density at radius 3 is 2.83 bits per heavy atom. The molecule has 0 radical (unpaired) electrons. The molecule has 1 aromatic carbocycles. The summed E-state index contributed by atoms with van der Waals surface area (Å²) < 4.78 is 18.2. The number of nitrogens with one attached hydrogen (secondary N) is 1. The standard InChI is InChI=1S/C11H8ClFN2O3/c1-5-2-9(15-18-5)11(17)14-8-3-6(12)10(16)4-7(8)13/h2-4,16H,1H3,(H,14,17). The molecule has 7 heteroatoms. The van der Waals surface area contributed by atoms with E-state index in [2.05, 4.69) is 10.5 Å². The number of halogens is 2. The summed E-state index contributed by atoms with van der Waals surface area (Å²) in [4.78, 5) is 11.7. The Morgan fingerprint density at radius 2 is 2.22 bits per heavy atom. The van der Waals surface area contributed by atoms with Gasteiger partial charge in [0.05, 0.1) is 10.7 Å². The highest BCUT2D eigenvalue weighted by molar-refractivity contribution is 6.32. The topological polar surface area (TPSA) is 75.4 Å². The van der Waals surface area contributed by atoms with Gasteiger partial charge in [-0.05, 0) is 13.0 Å². The van der Waals surface area contributed by atoms with Gasteiger partial charge in [0.2, 0.25) is 0 Å². The van der Waals surface area contributed by atoms with E-state index in [9.17, 15) is 9.18 Å². The van der Waals surface area contributed by atoms with Crippen molar-refractivity contribution in [1.29, 1.82) is 0 Å². The minimum atomic E-state index is -0.800. The first-order valence-electron chi connectivity index (χ1n) is 4.90. The van der Waals surface area contributed by atoms with Crippen molar-refractivity contribution in [3.8, 4) is 5.75 Å². The molecule has 0 atom stereocenters. The third-order valence-corrected chi connectivity index (χ3v) is 2.45. The zero-order chi connectivity index (χ0) is 13.3. The summed E-state index contributed by atoms with van der Waals surface area (Å²) in [7, 11) is 0. The van der Waals surface area contributed by atoms with Gasteiger partial charge in [0, 0.05) is 12.1 Å². The first-order valence-corrected chi connectivity index (χ1v) is 5.28. The van der Waals surface area contributed by atoms with E-state index >= 15 is 0 Å². The van der Waals surface area contributed by atoms with Crippen molar-refractivity contribution in [2.45, 2.75) is 6.92 Å². The molecule has 2 rings (SSSR count). The largest absolute Gasteiger partial charge is 0.506 e. The number of carbonyl (C=O) groups is 1. The number of carbonyl (C=O) groups excluding carboxylic acids is 1. The van der Waals surface area contributed by atoms with Crippen LogP contribution in [0.15, 0.2) is 22.7 Å². The molecule has 18 heavy (non-hydrogen) atoms. The summed E-state index contributed by atoms with van der Waals surface area (Å²) in [6.45, 7) is 1.63. The second-order valence-electron chi connectivity index (χ2n) is 3.56. The molecule has 0 fully saturated rings. The number of aryl methyl sites for hydroxylation is 1. The van der Waals surface area contributed by atoms with Crippen molar-refractivity contribution >= 4 is 23.2 Å². The third-order valence-electron chi connectivity index (χ3n) is 2.15. The summed E-state index contributed by atoms with van der Waals surface area (Å²) in [5, 5.41) is 14.9. The number of phenolic OH excluding ortho intramolecular Hbond substituents is 1. The van der Waals surface area contributed by atoms with Gasteiger partial charge in [-0.3, -0.25) is 4.79 Å². The van der Waals surface area contributed by atoms with Crippen molar-refractivity contribution in [2.24, 2.45) is 0 Å². The fraction of sp³-hybridized carbons (Fsp3) is 0.0909. The van der Waals surface area contributed by atoms with E-state index in [1.807, 2.05) is 0 Å². The lowest BCUT2D eigenvalue weighted by molar-refractivity contribution is 0.101. The molecule has 0 spiro atoms. The average molecular weight is 271 g/mol. The van der Waals surface area contributed by atoms with Crippen molar-refractivity contribution < 1.29 is 18.8 Å². The lowest BCUT2D eigenvalue weighted by Crippen LogP contribution is -2.13. The van der Waals surface area contributed by atoms with Gasteiger partial charge in [-0.2, -0.15) is 0 Å². The summed E-state index contributed by atoms with van der Waals surface area (Å²) in [5.41, 5.74) is -0.125. The summed E-state index contributed by atoms with van der Waals surface area (Å²) >= 11 is 5.62.